The normalized spacial score (nSPS) is 42.2. The summed E-state index contributed by atoms with van der Waals surface area (Å²) in [6, 6.07) is 2.06. The van der Waals surface area contributed by atoms with E-state index >= 15 is 0 Å². The number of rotatable bonds is 2. The molecule has 4 atom stereocenters. The highest BCUT2D eigenvalue weighted by atomic mass is 16.5. The van der Waals surface area contributed by atoms with Gasteiger partial charge in [0.2, 0.25) is 0 Å². The highest BCUT2D eigenvalue weighted by Gasteiger charge is 2.32. The van der Waals surface area contributed by atoms with Gasteiger partial charge >= 0.3 is 0 Å². The molecule has 0 spiro atoms. The maximum absolute atomic E-state index is 5.77. The fourth-order valence-corrected chi connectivity index (χ4v) is 3.00. The van der Waals surface area contributed by atoms with Crippen molar-refractivity contribution in [3.05, 3.63) is 0 Å². The number of hydrogen-bond donors (Lipinski definition) is 1. The third-order valence-electron chi connectivity index (χ3n) is 4.08. The Bertz CT molecular complexity index is 222. The molecule has 0 saturated carbocycles. The van der Waals surface area contributed by atoms with E-state index in [-0.39, 0.29) is 0 Å². The van der Waals surface area contributed by atoms with Crippen molar-refractivity contribution in [2.24, 2.45) is 0 Å². The standard InChI is InChI=1S/C13H26N2O/c1-4-13-7-12(5-6-16-13)15-9-10(2)14-8-11(15)3/h10-14H,4-9H2,1-3H3. The molecule has 0 radical (unpaired) electrons. The summed E-state index contributed by atoms with van der Waals surface area (Å²) >= 11 is 0. The van der Waals surface area contributed by atoms with Crippen LogP contribution in [-0.2, 0) is 4.74 Å². The Morgan fingerprint density at radius 3 is 2.94 bits per heavy atom. The van der Waals surface area contributed by atoms with E-state index in [2.05, 4.69) is 31.0 Å². The highest BCUT2D eigenvalue weighted by molar-refractivity contribution is 4.88. The fourth-order valence-electron chi connectivity index (χ4n) is 3.00. The van der Waals surface area contributed by atoms with Crippen LogP contribution >= 0.6 is 0 Å². The van der Waals surface area contributed by atoms with Crippen LogP contribution in [0, 0.1) is 0 Å². The van der Waals surface area contributed by atoms with Gasteiger partial charge in [-0.15, -0.1) is 0 Å². The summed E-state index contributed by atoms with van der Waals surface area (Å²) in [4.78, 5) is 2.70. The molecule has 0 aromatic heterocycles. The second kappa shape index (κ2) is 5.48. The monoisotopic (exact) mass is 226 g/mol. The number of piperazine rings is 1. The molecule has 2 fully saturated rings. The molecule has 16 heavy (non-hydrogen) atoms. The van der Waals surface area contributed by atoms with Crippen molar-refractivity contribution in [1.29, 1.82) is 0 Å². The summed E-state index contributed by atoms with van der Waals surface area (Å²) in [5, 5.41) is 3.55. The van der Waals surface area contributed by atoms with Gasteiger partial charge in [-0.1, -0.05) is 6.92 Å². The van der Waals surface area contributed by atoms with Crippen molar-refractivity contribution in [3.8, 4) is 0 Å². The van der Waals surface area contributed by atoms with Crippen LogP contribution < -0.4 is 5.32 Å². The minimum Gasteiger partial charge on any atom is -0.378 e. The molecule has 1 N–H and O–H groups in total. The lowest BCUT2D eigenvalue weighted by Crippen LogP contribution is -2.59. The van der Waals surface area contributed by atoms with Crippen molar-refractivity contribution in [2.45, 2.75) is 64.3 Å². The zero-order valence-electron chi connectivity index (χ0n) is 10.9. The van der Waals surface area contributed by atoms with Crippen LogP contribution in [0.15, 0.2) is 0 Å². The molecule has 0 aliphatic carbocycles. The Hall–Kier alpha value is -0.120. The lowest BCUT2D eigenvalue weighted by atomic mass is 9.97. The first-order valence-corrected chi connectivity index (χ1v) is 6.81. The largest absolute Gasteiger partial charge is 0.378 e. The number of nitrogens with one attached hydrogen (secondary N) is 1. The average Bonchev–Trinajstić information content (AvgIpc) is 2.32. The molecule has 2 heterocycles. The molecule has 3 nitrogen and oxygen atoms in total. The zero-order valence-corrected chi connectivity index (χ0v) is 10.9. The first kappa shape index (κ1) is 12.3. The Labute approximate surface area is 99.5 Å². The highest BCUT2D eigenvalue weighted by Crippen LogP contribution is 2.24. The smallest absolute Gasteiger partial charge is 0.0587 e. The van der Waals surface area contributed by atoms with E-state index in [0.29, 0.717) is 18.2 Å². The van der Waals surface area contributed by atoms with E-state index in [1.54, 1.807) is 0 Å². The summed E-state index contributed by atoms with van der Waals surface area (Å²) in [6.07, 6.45) is 4.10. The van der Waals surface area contributed by atoms with Crippen molar-refractivity contribution >= 4 is 0 Å². The molecule has 0 aromatic carbocycles. The summed E-state index contributed by atoms with van der Waals surface area (Å²) in [6.45, 7) is 10.1. The molecular formula is C13H26N2O. The van der Waals surface area contributed by atoms with Gasteiger partial charge in [-0.25, -0.2) is 0 Å². The minimum absolute atomic E-state index is 0.496. The van der Waals surface area contributed by atoms with E-state index in [1.165, 1.54) is 19.4 Å². The molecule has 2 aliphatic heterocycles. The maximum atomic E-state index is 5.77. The van der Waals surface area contributed by atoms with Gasteiger partial charge in [0.15, 0.2) is 0 Å². The molecule has 2 aliphatic rings. The van der Waals surface area contributed by atoms with Gasteiger partial charge in [0.25, 0.3) is 0 Å². The van der Waals surface area contributed by atoms with Crippen LogP contribution in [0.3, 0.4) is 0 Å². The second-order valence-electron chi connectivity index (χ2n) is 5.43. The Morgan fingerprint density at radius 1 is 1.38 bits per heavy atom. The predicted molar refractivity (Wildman–Crippen MR) is 66.7 cm³/mol. The maximum Gasteiger partial charge on any atom is 0.0587 e. The van der Waals surface area contributed by atoms with Crippen molar-refractivity contribution in [3.63, 3.8) is 0 Å². The Kier molecular flexibility index (Phi) is 4.22. The molecule has 2 saturated heterocycles. The van der Waals surface area contributed by atoms with E-state index < -0.39 is 0 Å². The van der Waals surface area contributed by atoms with Crippen LogP contribution in [0.25, 0.3) is 0 Å². The molecule has 0 amide bonds. The van der Waals surface area contributed by atoms with Crippen LogP contribution in [0.5, 0.6) is 0 Å². The fraction of sp³-hybridized carbons (Fsp3) is 1.00. The SMILES string of the molecule is CCC1CC(N2CC(C)NCC2C)CCO1. The molecule has 4 unspecified atom stereocenters. The molecule has 3 heteroatoms. The number of nitrogens with zero attached hydrogens (tertiary/aromatic N) is 1. The minimum atomic E-state index is 0.496. The van der Waals surface area contributed by atoms with Gasteiger partial charge in [-0.2, -0.15) is 0 Å². The third kappa shape index (κ3) is 2.76. The summed E-state index contributed by atoms with van der Waals surface area (Å²) in [5.74, 6) is 0. The van der Waals surface area contributed by atoms with E-state index in [4.69, 9.17) is 4.74 Å². The Morgan fingerprint density at radius 2 is 2.19 bits per heavy atom. The van der Waals surface area contributed by atoms with Crippen LogP contribution in [0.1, 0.15) is 40.0 Å². The summed E-state index contributed by atoms with van der Waals surface area (Å²) in [5.41, 5.74) is 0. The summed E-state index contributed by atoms with van der Waals surface area (Å²) in [7, 11) is 0. The Balaban J connectivity index is 1.94. The van der Waals surface area contributed by atoms with E-state index in [9.17, 15) is 0 Å². The molecule has 0 aromatic rings. The first-order chi connectivity index (χ1) is 7.70. The van der Waals surface area contributed by atoms with E-state index in [1.807, 2.05) is 0 Å². The van der Waals surface area contributed by atoms with Gasteiger partial charge in [0.05, 0.1) is 6.10 Å². The lowest BCUT2D eigenvalue weighted by Gasteiger charge is -2.45. The molecule has 0 bridgehead atoms. The quantitative estimate of drug-likeness (QED) is 0.774. The third-order valence-corrected chi connectivity index (χ3v) is 4.08. The van der Waals surface area contributed by atoms with Gasteiger partial charge in [0, 0.05) is 37.8 Å². The lowest BCUT2D eigenvalue weighted by molar-refractivity contribution is -0.0434. The van der Waals surface area contributed by atoms with E-state index in [0.717, 1.165) is 25.6 Å². The van der Waals surface area contributed by atoms with Crippen molar-refractivity contribution < 1.29 is 4.74 Å². The van der Waals surface area contributed by atoms with Gasteiger partial charge < -0.3 is 10.1 Å². The number of hydrogen-bond acceptors (Lipinski definition) is 3. The predicted octanol–water partition coefficient (Wildman–Crippen LogP) is 1.63. The molecule has 94 valence electrons. The van der Waals surface area contributed by atoms with Crippen molar-refractivity contribution in [1.82, 2.24) is 10.2 Å². The van der Waals surface area contributed by atoms with Crippen LogP contribution in [0.2, 0.25) is 0 Å². The number of ether oxygens (including phenoxy) is 1. The van der Waals surface area contributed by atoms with Crippen LogP contribution in [0.4, 0.5) is 0 Å². The van der Waals surface area contributed by atoms with Gasteiger partial charge in [0.1, 0.15) is 0 Å². The average molecular weight is 226 g/mol. The molecule has 2 rings (SSSR count). The van der Waals surface area contributed by atoms with Gasteiger partial charge in [-0.3, -0.25) is 4.90 Å². The van der Waals surface area contributed by atoms with Crippen molar-refractivity contribution in [2.75, 3.05) is 19.7 Å². The molecular weight excluding hydrogens is 200 g/mol. The van der Waals surface area contributed by atoms with Gasteiger partial charge in [-0.05, 0) is 33.1 Å². The summed E-state index contributed by atoms with van der Waals surface area (Å²) < 4.78 is 5.77. The second-order valence-corrected chi connectivity index (χ2v) is 5.43. The zero-order chi connectivity index (χ0) is 11.5. The van der Waals surface area contributed by atoms with Crippen LogP contribution in [-0.4, -0.2) is 48.8 Å². The first-order valence-electron chi connectivity index (χ1n) is 6.81. The topological polar surface area (TPSA) is 24.5 Å².